The van der Waals surface area contributed by atoms with Crippen molar-refractivity contribution in [3.63, 3.8) is 0 Å². The van der Waals surface area contributed by atoms with Gasteiger partial charge in [-0.2, -0.15) is 0 Å². The van der Waals surface area contributed by atoms with Gasteiger partial charge in [0, 0.05) is 42.5 Å². The van der Waals surface area contributed by atoms with E-state index >= 15 is 0 Å². The molecule has 0 aliphatic carbocycles. The average molecular weight is 379 g/mol. The van der Waals surface area contributed by atoms with Crippen LogP contribution in [0.5, 0.6) is 0 Å². The number of aliphatic hydroxyl groups is 1. The minimum Gasteiger partial charge on any atom is -0.384 e. The normalized spacial score (nSPS) is 21.5. The third-order valence-electron chi connectivity index (χ3n) is 6.59. The fourth-order valence-electron chi connectivity index (χ4n) is 5.23. The van der Waals surface area contributed by atoms with Crippen molar-refractivity contribution in [2.24, 2.45) is 0 Å². The molecule has 0 saturated carbocycles. The third-order valence-corrected chi connectivity index (χ3v) is 6.59. The number of aryl methyl sites for hydroxylation is 1. The molecule has 146 valence electrons. The highest BCUT2D eigenvalue weighted by Gasteiger charge is 2.35. The molecule has 5 rings (SSSR count). The highest BCUT2D eigenvalue weighted by atomic mass is 19.1. The van der Waals surface area contributed by atoms with E-state index in [0.717, 1.165) is 41.5 Å². The Bertz CT molecular complexity index is 1040. The molecule has 1 aromatic carbocycles. The lowest BCUT2D eigenvalue weighted by molar-refractivity contribution is 0.0381. The van der Waals surface area contributed by atoms with Gasteiger partial charge in [-0.15, -0.1) is 0 Å². The number of halogens is 1. The van der Waals surface area contributed by atoms with E-state index < -0.39 is 5.60 Å². The number of nitrogens with zero attached hydrogens (tertiary/aromatic N) is 3. The molecule has 2 atom stereocenters. The summed E-state index contributed by atoms with van der Waals surface area (Å²) in [4.78, 5) is 6.61. The maximum atomic E-state index is 14.3. The summed E-state index contributed by atoms with van der Waals surface area (Å²) in [5, 5.41) is 12.3. The molecule has 1 saturated heterocycles. The first-order valence-electron chi connectivity index (χ1n) is 10.1. The van der Waals surface area contributed by atoms with Crippen LogP contribution in [-0.2, 0) is 25.1 Å². The van der Waals surface area contributed by atoms with Crippen LogP contribution in [0.25, 0.3) is 10.9 Å². The molecule has 4 heterocycles. The number of fused-ring (bicyclic) bond motifs is 4. The highest BCUT2D eigenvalue weighted by Crippen LogP contribution is 2.39. The second-order valence-corrected chi connectivity index (χ2v) is 8.61. The van der Waals surface area contributed by atoms with Gasteiger partial charge in [-0.3, -0.25) is 9.88 Å². The zero-order valence-corrected chi connectivity index (χ0v) is 16.5. The van der Waals surface area contributed by atoms with Gasteiger partial charge < -0.3 is 9.67 Å². The second-order valence-electron chi connectivity index (χ2n) is 8.61. The summed E-state index contributed by atoms with van der Waals surface area (Å²) in [6.45, 7) is 6.27. The molecular formula is C23H26FN3O. The smallest absolute Gasteiger partial charge is 0.124 e. The van der Waals surface area contributed by atoms with E-state index in [9.17, 15) is 9.50 Å². The van der Waals surface area contributed by atoms with Gasteiger partial charge in [0.15, 0.2) is 0 Å². The first-order chi connectivity index (χ1) is 13.4. The Morgan fingerprint density at radius 2 is 2.07 bits per heavy atom. The van der Waals surface area contributed by atoms with Crippen molar-refractivity contribution in [3.05, 3.63) is 64.9 Å². The zero-order chi connectivity index (χ0) is 19.5. The van der Waals surface area contributed by atoms with Gasteiger partial charge in [0.2, 0.25) is 0 Å². The predicted molar refractivity (Wildman–Crippen MR) is 108 cm³/mol. The van der Waals surface area contributed by atoms with Crippen molar-refractivity contribution in [3.8, 4) is 0 Å². The molecule has 2 aliphatic rings. The van der Waals surface area contributed by atoms with Crippen LogP contribution in [0.1, 0.15) is 42.1 Å². The van der Waals surface area contributed by atoms with Crippen LogP contribution in [0.3, 0.4) is 0 Å². The minimum atomic E-state index is -1.03. The first kappa shape index (κ1) is 17.8. The summed E-state index contributed by atoms with van der Waals surface area (Å²) >= 11 is 0. The number of benzene rings is 1. The van der Waals surface area contributed by atoms with Crippen LogP contribution in [0.4, 0.5) is 4.39 Å². The molecule has 0 amide bonds. The summed E-state index contributed by atoms with van der Waals surface area (Å²) in [5.41, 5.74) is 4.30. The molecule has 2 aliphatic heterocycles. The SMILES string of the molecule is Cc1cc(F)cc2c3c(n(CC(C)(O)c4ccncc4)c12)C[C@H]1CCCN1C3. The maximum Gasteiger partial charge on any atom is 0.124 e. The van der Waals surface area contributed by atoms with Gasteiger partial charge in [-0.05, 0) is 74.2 Å². The van der Waals surface area contributed by atoms with E-state index in [1.807, 2.05) is 26.0 Å². The molecule has 28 heavy (non-hydrogen) atoms. The lowest BCUT2D eigenvalue weighted by atomic mass is 9.96. The van der Waals surface area contributed by atoms with Gasteiger partial charge in [-0.25, -0.2) is 4.39 Å². The van der Waals surface area contributed by atoms with Crippen molar-refractivity contribution in [2.45, 2.75) is 57.8 Å². The molecule has 5 heteroatoms. The summed E-state index contributed by atoms with van der Waals surface area (Å²) in [5.74, 6) is -0.186. The Morgan fingerprint density at radius 1 is 1.29 bits per heavy atom. The van der Waals surface area contributed by atoms with Crippen LogP contribution in [0, 0.1) is 12.7 Å². The molecule has 1 N–H and O–H groups in total. The summed E-state index contributed by atoms with van der Waals surface area (Å²) < 4.78 is 16.5. The molecule has 1 fully saturated rings. The summed E-state index contributed by atoms with van der Waals surface area (Å²) in [6.07, 6.45) is 6.84. The monoisotopic (exact) mass is 379 g/mol. The lowest BCUT2D eigenvalue weighted by Gasteiger charge is -2.32. The van der Waals surface area contributed by atoms with E-state index in [0.29, 0.717) is 12.6 Å². The predicted octanol–water partition coefficient (Wildman–Crippen LogP) is 3.91. The molecule has 1 unspecified atom stereocenters. The third kappa shape index (κ3) is 2.76. The largest absolute Gasteiger partial charge is 0.384 e. The number of hydrogen-bond acceptors (Lipinski definition) is 3. The Morgan fingerprint density at radius 3 is 2.86 bits per heavy atom. The van der Waals surface area contributed by atoms with E-state index in [1.54, 1.807) is 24.5 Å². The van der Waals surface area contributed by atoms with Crippen molar-refractivity contribution < 1.29 is 9.50 Å². The van der Waals surface area contributed by atoms with E-state index in [4.69, 9.17) is 0 Å². The van der Waals surface area contributed by atoms with Gasteiger partial charge in [0.05, 0.1) is 12.1 Å². The number of hydrogen-bond donors (Lipinski definition) is 1. The second kappa shape index (κ2) is 6.39. The van der Waals surface area contributed by atoms with Crippen molar-refractivity contribution in [1.82, 2.24) is 14.5 Å². The first-order valence-corrected chi connectivity index (χ1v) is 10.1. The Labute approximate surface area is 164 Å². The standard InChI is InChI=1S/C23H26FN3O/c1-15-10-17(24)11-19-20-13-26-9-3-4-18(26)12-21(20)27(22(15)19)14-23(2,28)16-5-7-25-8-6-16/h5-8,10-11,18,28H,3-4,9,12-14H2,1-2H3/t18-,23?/m1/s1. The highest BCUT2D eigenvalue weighted by molar-refractivity contribution is 5.88. The number of aromatic nitrogens is 2. The van der Waals surface area contributed by atoms with Crippen LogP contribution >= 0.6 is 0 Å². The minimum absolute atomic E-state index is 0.186. The van der Waals surface area contributed by atoms with Crippen molar-refractivity contribution in [1.29, 1.82) is 0 Å². The van der Waals surface area contributed by atoms with E-state index in [-0.39, 0.29) is 5.82 Å². The van der Waals surface area contributed by atoms with E-state index in [2.05, 4.69) is 14.5 Å². The van der Waals surface area contributed by atoms with Gasteiger partial charge in [0.25, 0.3) is 0 Å². The summed E-state index contributed by atoms with van der Waals surface area (Å²) in [7, 11) is 0. The molecule has 0 radical (unpaired) electrons. The Kier molecular flexibility index (Phi) is 4.07. The number of rotatable bonds is 3. The lowest BCUT2D eigenvalue weighted by Crippen LogP contribution is -2.37. The number of pyridine rings is 1. The molecule has 0 bridgehead atoms. The fraction of sp³-hybridized carbons (Fsp3) is 0.435. The fourth-order valence-corrected chi connectivity index (χ4v) is 5.23. The van der Waals surface area contributed by atoms with Crippen LogP contribution in [-0.4, -0.2) is 32.1 Å². The molecule has 4 nitrogen and oxygen atoms in total. The van der Waals surface area contributed by atoms with Crippen LogP contribution in [0.15, 0.2) is 36.7 Å². The Hall–Kier alpha value is -2.24. The molecular weight excluding hydrogens is 353 g/mol. The van der Waals surface area contributed by atoms with Crippen LogP contribution in [0.2, 0.25) is 0 Å². The zero-order valence-electron chi connectivity index (χ0n) is 16.5. The maximum absolute atomic E-state index is 14.3. The van der Waals surface area contributed by atoms with Gasteiger partial charge in [0.1, 0.15) is 11.4 Å². The van der Waals surface area contributed by atoms with Gasteiger partial charge in [-0.1, -0.05) is 0 Å². The molecule has 3 aromatic rings. The summed E-state index contributed by atoms with van der Waals surface area (Å²) in [6, 6.07) is 7.57. The average Bonchev–Trinajstić information content (AvgIpc) is 3.23. The van der Waals surface area contributed by atoms with E-state index in [1.165, 1.54) is 24.1 Å². The quantitative estimate of drug-likeness (QED) is 0.750. The van der Waals surface area contributed by atoms with Gasteiger partial charge >= 0.3 is 0 Å². The van der Waals surface area contributed by atoms with Crippen LogP contribution < -0.4 is 0 Å². The molecule has 2 aromatic heterocycles. The van der Waals surface area contributed by atoms with Crippen molar-refractivity contribution >= 4 is 10.9 Å². The topological polar surface area (TPSA) is 41.3 Å². The van der Waals surface area contributed by atoms with Crippen molar-refractivity contribution in [2.75, 3.05) is 6.54 Å². The Balaban J connectivity index is 1.68. The molecule has 0 spiro atoms.